The van der Waals surface area contributed by atoms with Crippen LogP contribution in [0.2, 0.25) is 0 Å². The standard InChI is InChI=1S/C14H12N2.C2H6/c1-2-4-8-11(7-3-1)14-15-12-9-5-6-10-13(12)16-14;1-2/h1,3-10H,2H2,(H,15,16);1-2H3. The average molecular weight is 238 g/mol. The molecular weight excluding hydrogens is 220 g/mol. The summed E-state index contributed by atoms with van der Waals surface area (Å²) in [5.74, 6) is 0.934. The number of allylic oxidation sites excluding steroid dienone is 6. The lowest BCUT2D eigenvalue weighted by atomic mass is 10.2. The van der Waals surface area contributed by atoms with E-state index in [2.05, 4.69) is 40.3 Å². The molecule has 18 heavy (non-hydrogen) atoms. The molecule has 2 nitrogen and oxygen atoms in total. The first-order valence-electron chi connectivity index (χ1n) is 6.42. The molecule has 2 heteroatoms. The van der Waals surface area contributed by atoms with Crippen LogP contribution < -0.4 is 0 Å². The average Bonchev–Trinajstić information content (AvgIpc) is 2.67. The number of nitrogens with zero attached hydrogens (tertiary/aromatic N) is 1. The van der Waals surface area contributed by atoms with Crippen molar-refractivity contribution >= 4 is 16.6 Å². The summed E-state index contributed by atoms with van der Waals surface area (Å²) in [5, 5.41) is 0. The number of hydrogen-bond donors (Lipinski definition) is 1. The van der Waals surface area contributed by atoms with Crippen LogP contribution in [-0.2, 0) is 0 Å². The smallest absolute Gasteiger partial charge is 0.138 e. The number of imidazole rings is 1. The Kier molecular flexibility index (Phi) is 4.13. The highest BCUT2D eigenvalue weighted by atomic mass is 14.9. The van der Waals surface area contributed by atoms with Crippen molar-refractivity contribution in [2.24, 2.45) is 0 Å². The van der Waals surface area contributed by atoms with Gasteiger partial charge in [0.1, 0.15) is 5.82 Å². The van der Waals surface area contributed by atoms with E-state index >= 15 is 0 Å². The number of aromatic nitrogens is 2. The van der Waals surface area contributed by atoms with E-state index in [1.165, 1.54) is 0 Å². The molecular formula is C16H18N2. The van der Waals surface area contributed by atoms with Gasteiger partial charge in [0.05, 0.1) is 11.0 Å². The first kappa shape index (κ1) is 12.4. The SMILES string of the molecule is C1=CCC=CC(c2nc3ccccc3[nH]2)=C1.CC. The summed E-state index contributed by atoms with van der Waals surface area (Å²) in [5.41, 5.74) is 3.23. The van der Waals surface area contributed by atoms with Crippen LogP contribution in [0.3, 0.4) is 0 Å². The van der Waals surface area contributed by atoms with Gasteiger partial charge in [0.25, 0.3) is 0 Å². The molecule has 0 bridgehead atoms. The van der Waals surface area contributed by atoms with Crippen molar-refractivity contribution in [2.45, 2.75) is 20.3 Å². The maximum atomic E-state index is 4.57. The number of hydrogen-bond acceptors (Lipinski definition) is 1. The second kappa shape index (κ2) is 6.01. The Balaban J connectivity index is 0.000000574. The minimum absolute atomic E-state index is 0.934. The van der Waals surface area contributed by atoms with Crippen LogP contribution in [0.25, 0.3) is 16.6 Å². The second-order valence-electron chi connectivity index (χ2n) is 3.79. The van der Waals surface area contributed by atoms with Crippen molar-refractivity contribution in [3.8, 4) is 0 Å². The molecule has 0 spiro atoms. The zero-order chi connectivity index (χ0) is 12.8. The summed E-state index contributed by atoms with van der Waals surface area (Å²) in [6.07, 6.45) is 11.5. The van der Waals surface area contributed by atoms with Gasteiger partial charge < -0.3 is 4.98 Å². The van der Waals surface area contributed by atoms with Crippen LogP contribution in [0.4, 0.5) is 0 Å². The van der Waals surface area contributed by atoms with Gasteiger partial charge in [0.2, 0.25) is 0 Å². The van der Waals surface area contributed by atoms with E-state index < -0.39 is 0 Å². The molecule has 1 aliphatic carbocycles. The van der Waals surface area contributed by atoms with E-state index in [0.717, 1.165) is 28.9 Å². The Labute approximate surface area is 108 Å². The lowest BCUT2D eigenvalue weighted by Gasteiger charge is -1.93. The highest BCUT2D eigenvalue weighted by Gasteiger charge is 2.04. The Morgan fingerprint density at radius 2 is 1.94 bits per heavy atom. The molecule has 0 saturated carbocycles. The first-order chi connectivity index (χ1) is 8.93. The van der Waals surface area contributed by atoms with E-state index in [-0.39, 0.29) is 0 Å². The molecule has 2 aromatic rings. The van der Waals surface area contributed by atoms with E-state index in [1.807, 2.05) is 38.1 Å². The van der Waals surface area contributed by atoms with E-state index in [1.54, 1.807) is 0 Å². The Bertz CT molecular complexity index is 567. The van der Waals surface area contributed by atoms with Crippen molar-refractivity contribution in [1.29, 1.82) is 0 Å². The summed E-state index contributed by atoms with van der Waals surface area (Å²) in [6.45, 7) is 4.00. The van der Waals surface area contributed by atoms with Crippen LogP contribution in [0, 0.1) is 0 Å². The molecule has 0 unspecified atom stereocenters. The quantitative estimate of drug-likeness (QED) is 0.779. The third-order valence-electron chi connectivity index (χ3n) is 2.64. The van der Waals surface area contributed by atoms with Gasteiger partial charge in [-0.2, -0.15) is 0 Å². The summed E-state index contributed by atoms with van der Waals surface area (Å²) < 4.78 is 0. The maximum Gasteiger partial charge on any atom is 0.138 e. The van der Waals surface area contributed by atoms with Gasteiger partial charge >= 0.3 is 0 Å². The zero-order valence-corrected chi connectivity index (χ0v) is 10.9. The summed E-state index contributed by atoms with van der Waals surface area (Å²) in [7, 11) is 0. The number of nitrogens with one attached hydrogen (secondary N) is 1. The van der Waals surface area contributed by atoms with Crippen LogP contribution in [-0.4, -0.2) is 9.97 Å². The van der Waals surface area contributed by atoms with Crippen molar-refractivity contribution in [1.82, 2.24) is 9.97 Å². The van der Waals surface area contributed by atoms with E-state index in [9.17, 15) is 0 Å². The molecule has 1 heterocycles. The molecule has 0 atom stereocenters. The molecule has 0 saturated heterocycles. The van der Waals surface area contributed by atoms with Gasteiger partial charge in [0.15, 0.2) is 0 Å². The molecule has 3 rings (SSSR count). The minimum atomic E-state index is 0.934. The Morgan fingerprint density at radius 3 is 2.78 bits per heavy atom. The number of rotatable bonds is 1. The molecule has 0 radical (unpaired) electrons. The van der Waals surface area contributed by atoms with Gasteiger partial charge in [0, 0.05) is 5.57 Å². The zero-order valence-electron chi connectivity index (χ0n) is 10.9. The molecule has 92 valence electrons. The third-order valence-corrected chi connectivity index (χ3v) is 2.64. The topological polar surface area (TPSA) is 28.7 Å². The molecule has 0 aliphatic heterocycles. The van der Waals surface area contributed by atoms with Crippen LogP contribution in [0.5, 0.6) is 0 Å². The Morgan fingerprint density at radius 1 is 1.11 bits per heavy atom. The van der Waals surface area contributed by atoms with Crippen LogP contribution in [0.1, 0.15) is 26.1 Å². The maximum absolute atomic E-state index is 4.57. The van der Waals surface area contributed by atoms with Crippen molar-refractivity contribution in [3.05, 3.63) is 60.5 Å². The number of benzene rings is 1. The molecule has 1 aliphatic rings. The normalized spacial score (nSPS) is 13.8. The molecule has 1 aromatic carbocycles. The summed E-state index contributed by atoms with van der Waals surface area (Å²) in [4.78, 5) is 7.90. The number of para-hydroxylation sites is 2. The molecule has 0 amide bonds. The van der Waals surface area contributed by atoms with Gasteiger partial charge in [-0.25, -0.2) is 4.98 Å². The molecule has 0 fully saturated rings. The van der Waals surface area contributed by atoms with Gasteiger partial charge in [-0.15, -0.1) is 0 Å². The molecule has 1 aromatic heterocycles. The largest absolute Gasteiger partial charge is 0.338 e. The van der Waals surface area contributed by atoms with Crippen molar-refractivity contribution in [3.63, 3.8) is 0 Å². The fourth-order valence-electron chi connectivity index (χ4n) is 1.83. The van der Waals surface area contributed by atoms with Crippen LogP contribution >= 0.6 is 0 Å². The van der Waals surface area contributed by atoms with Gasteiger partial charge in [-0.05, 0) is 18.6 Å². The highest BCUT2D eigenvalue weighted by molar-refractivity contribution is 5.81. The van der Waals surface area contributed by atoms with Gasteiger partial charge in [-0.1, -0.05) is 56.4 Å². The summed E-state index contributed by atoms with van der Waals surface area (Å²) >= 11 is 0. The van der Waals surface area contributed by atoms with Crippen molar-refractivity contribution in [2.75, 3.05) is 0 Å². The first-order valence-corrected chi connectivity index (χ1v) is 6.42. The molecule has 1 N–H and O–H groups in total. The second-order valence-corrected chi connectivity index (χ2v) is 3.79. The van der Waals surface area contributed by atoms with E-state index in [4.69, 9.17) is 0 Å². The predicted octanol–water partition coefficient (Wildman–Crippen LogP) is 4.49. The Hall–Kier alpha value is -2.09. The number of fused-ring (bicyclic) bond motifs is 1. The number of H-pyrrole nitrogens is 1. The fraction of sp³-hybridized carbons (Fsp3) is 0.188. The van der Waals surface area contributed by atoms with E-state index in [0.29, 0.717) is 0 Å². The number of aromatic amines is 1. The predicted molar refractivity (Wildman–Crippen MR) is 78.3 cm³/mol. The third kappa shape index (κ3) is 2.59. The summed E-state index contributed by atoms with van der Waals surface area (Å²) in [6, 6.07) is 8.08. The fourth-order valence-corrected chi connectivity index (χ4v) is 1.83. The van der Waals surface area contributed by atoms with Crippen molar-refractivity contribution < 1.29 is 0 Å². The van der Waals surface area contributed by atoms with Gasteiger partial charge in [-0.3, -0.25) is 0 Å². The lowest BCUT2D eigenvalue weighted by Crippen LogP contribution is -1.82. The van der Waals surface area contributed by atoms with Crippen LogP contribution in [0.15, 0.2) is 54.6 Å². The lowest BCUT2D eigenvalue weighted by molar-refractivity contribution is 1.27. The monoisotopic (exact) mass is 238 g/mol. The highest BCUT2D eigenvalue weighted by Crippen LogP contribution is 2.19. The minimum Gasteiger partial charge on any atom is -0.338 e.